The van der Waals surface area contributed by atoms with Crippen LogP contribution in [0.15, 0.2) is 24.3 Å². The smallest absolute Gasteiger partial charge is 0.119 e. The second-order valence-electron chi connectivity index (χ2n) is 2.44. The minimum Gasteiger partial charge on any atom is -0.497 e. The summed E-state index contributed by atoms with van der Waals surface area (Å²) in [6.45, 7) is 0. The highest BCUT2D eigenvalue weighted by Crippen LogP contribution is 2.22. The molecule has 70 valence electrons. The standard InChI is InChI=1S/C10H10Cl2O/c1-13-9-4-5-10(12)8(7-9)3-2-6-11/h2-5,7H,6H2,1H3. The van der Waals surface area contributed by atoms with E-state index in [4.69, 9.17) is 27.9 Å². The lowest BCUT2D eigenvalue weighted by molar-refractivity contribution is 0.414. The fraction of sp³-hybridized carbons (Fsp3) is 0.200. The molecule has 1 nitrogen and oxygen atoms in total. The third kappa shape index (κ3) is 2.94. The van der Waals surface area contributed by atoms with Crippen LogP contribution in [-0.4, -0.2) is 13.0 Å². The summed E-state index contributed by atoms with van der Waals surface area (Å²) in [6, 6.07) is 5.49. The van der Waals surface area contributed by atoms with E-state index in [2.05, 4.69) is 0 Å². The summed E-state index contributed by atoms with van der Waals surface area (Å²) >= 11 is 11.5. The highest BCUT2D eigenvalue weighted by molar-refractivity contribution is 6.32. The SMILES string of the molecule is COc1ccc(Cl)c(C=CCCl)c1. The van der Waals surface area contributed by atoms with Gasteiger partial charge in [0, 0.05) is 10.9 Å². The van der Waals surface area contributed by atoms with Gasteiger partial charge in [-0.1, -0.05) is 23.8 Å². The fourth-order valence-electron chi connectivity index (χ4n) is 0.948. The number of allylic oxidation sites excluding steroid dienone is 1. The number of alkyl halides is 1. The van der Waals surface area contributed by atoms with E-state index in [1.807, 2.05) is 24.3 Å². The molecule has 0 fully saturated rings. The molecule has 0 spiro atoms. The van der Waals surface area contributed by atoms with Gasteiger partial charge in [-0.15, -0.1) is 11.6 Å². The summed E-state index contributed by atoms with van der Waals surface area (Å²) in [5, 5.41) is 0.696. The Balaban J connectivity index is 2.97. The van der Waals surface area contributed by atoms with Crippen molar-refractivity contribution < 1.29 is 4.74 Å². The maximum absolute atomic E-state index is 5.94. The average Bonchev–Trinajstić information content (AvgIpc) is 2.17. The van der Waals surface area contributed by atoms with Crippen LogP contribution in [0.25, 0.3) is 6.08 Å². The molecule has 0 aromatic heterocycles. The van der Waals surface area contributed by atoms with E-state index in [0.717, 1.165) is 11.3 Å². The van der Waals surface area contributed by atoms with Crippen LogP contribution >= 0.6 is 23.2 Å². The van der Waals surface area contributed by atoms with Crippen LogP contribution < -0.4 is 4.74 Å². The molecule has 0 amide bonds. The Morgan fingerprint density at radius 1 is 1.46 bits per heavy atom. The van der Waals surface area contributed by atoms with Crippen LogP contribution in [0, 0.1) is 0 Å². The van der Waals surface area contributed by atoms with Crippen molar-refractivity contribution >= 4 is 29.3 Å². The highest BCUT2D eigenvalue weighted by Gasteiger charge is 1.97. The minimum absolute atomic E-state index is 0.480. The Morgan fingerprint density at radius 2 is 2.23 bits per heavy atom. The van der Waals surface area contributed by atoms with Crippen molar-refractivity contribution in [3.8, 4) is 5.75 Å². The van der Waals surface area contributed by atoms with Crippen LogP contribution in [0.4, 0.5) is 0 Å². The van der Waals surface area contributed by atoms with Crippen molar-refractivity contribution in [1.29, 1.82) is 0 Å². The fourth-order valence-corrected chi connectivity index (χ4v) is 1.22. The number of benzene rings is 1. The lowest BCUT2D eigenvalue weighted by atomic mass is 10.2. The Hall–Kier alpha value is -0.660. The quantitative estimate of drug-likeness (QED) is 0.703. The Labute approximate surface area is 87.9 Å². The second-order valence-corrected chi connectivity index (χ2v) is 3.16. The summed E-state index contributed by atoms with van der Waals surface area (Å²) < 4.78 is 5.06. The molecule has 13 heavy (non-hydrogen) atoms. The topological polar surface area (TPSA) is 9.23 Å². The largest absolute Gasteiger partial charge is 0.497 e. The summed E-state index contributed by atoms with van der Waals surface area (Å²) in [7, 11) is 1.62. The molecule has 0 atom stereocenters. The second kappa shape index (κ2) is 5.15. The summed E-state index contributed by atoms with van der Waals surface area (Å²) in [5.74, 6) is 1.27. The number of halogens is 2. The molecule has 0 saturated heterocycles. The van der Waals surface area contributed by atoms with Gasteiger partial charge in [0.05, 0.1) is 7.11 Å². The first kappa shape index (κ1) is 10.4. The molecule has 0 heterocycles. The van der Waals surface area contributed by atoms with E-state index < -0.39 is 0 Å². The van der Waals surface area contributed by atoms with E-state index in [1.54, 1.807) is 13.2 Å². The van der Waals surface area contributed by atoms with Crippen LogP contribution in [0.2, 0.25) is 5.02 Å². The predicted molar refractivity (Wildman–Crippen MR) is 57.8 cm³/mol. The third-order valence-electron chi connectivity index (χ3n) is 1.59. The molecular weight excluding hydrogens is 207 g/mol. The maximum Gasteiger partial charge on any atom is 0.119 e. The molecule has 0 saturated carbocycles. The molecule has 1 aromatic rings. The van der Waals surface area contributed by atoms with Crippen LogP contribution in [0.1, 0.15) is 5.56 Å². The van der Waals surface area contributed by atoms with E-state index >= 15 is 0 Å². The van der Waals surface area contributed by atoms with Crippen molar-refractivity contribution in [3.63, 3.8) is 0 Å². The highest BCUT2D eigenvalue weighted by atomic mass is 35.5. The Kier molecular flexibility index (Phi) is 4.13. The van der Waals surface area contributed by atoms with Crippen molar-refractivity contribution in [1.82, 2.24) is 0 Å². The Bertz CT molecular complexity index is 308. The van der Waals surface area contributed by atoms with Gasteiger partial charge in [0.25, 0.3) is 0 Å². The van der Waals surface area contributed by atoms with Crippen molar-refractivity contribution in [2.24, 2.45) is 0 Å². The molecule has 0 N–H and O–H groups in total. The van der Waals surface area contributed by atoms with Gasteiger partial charge >= 0.3 is 0 Å². The number of rotatable bonds is 3. The third-order valence-corrected chi connectivity index (χ3v) is 2.11. The summed E-state index contributed by atoms with van der Waals surface area (Å²) in [5.41, 5.74) is 0.918. The minimum atomic E-state index is 0.480. The molecular formula is C10H10Cl2O. The van der Waals surface area contributed by atoms with Gasteiger partial charge in [-0.2, -0.15) is 0 Å². The first-order valence-corrected chi connectivity index (χ1v) is 4.75. The van der Waals surface area contributed by atoms with Crippen LogP contribution in [0.3, 0.4) is 0 Å². The molecule has 0 bridgehead atoms. The molecule has 0 aliphatic carbocycles. The van der Waals surface area contributed by atoms with Gasteiger partial charge in [0.2, 0.25) is 0 Å². The number of methoxy groups -OCH3 is 1. The van der Waals surface area contributed by atoms with Crippen molar-refractivity contribution in [2.45, 2.75) is 0 Å². The average molecular weight is 217 g/mol. The normalized spacial score (nSPS) is 10.7. The number of hydrogen-bond acceptors (Lipinski definition) is 1. The van der Waals surface area contributed by atoms with Gasteiger partial charge in [-0.05, 0) is 23.8 Å². The molecule has 0 radical (unpaired) electrons. The molecule has 0 aliphatic rings. The Morgan fingerprint density at radius 3 is 2.85 bits per heavy atom. The first-order valence-electron chi connectivity index (χ1n) is 3.84. The van der Waals surface area contributed by atoms with Gasteiger partial charge < -0.3 is 4.74 Å². The first-order chi connectivity index (χ1) is 6.27. The zero-order valence-corrected chi connectivity index (χ0v) is 8.77. The molecule has 1 aromatic carbocycles. The number of hydrogen-bond donors (Lipinski definition) is 0. The predicted octanol–water partition coefficient (Wildman–Crippen LogP) is 3.60. The van der Waals surface area contributed by atoms with E-state index in [9.17, 15) is 0 Å². The molecule has 1 rings (SSSR count). The van der Waals surface area contributed by atoms with Gasteiger partial charge in [-0.3, -0.25) is 0 Å². The maximum atomic E-state index is 5.94. The monoisotopic (exact) mass is 216 g/mol. The zero-order valence-electron chi connectivity index (χ0n) is 7.26. The lowest BCUT2D eigenvalue weighted by Crippen LogP contribution is -1.83. The van der Waals surface area contributed by atoms with Crippen molar-refractivity contribution in [2.75, 3.05) is 13.0 Å². The summed E-state index contributed by atoms with van der Waals surface area (Å²) in [6.07, 6.45) is 3.71. The van der Waals surface area contributed by atoms with Crippen molar-refractivity contribution in [3.05, 3.63) is 34.9 Å². The van der Waals surface area contributed by atoms with Crippen LogP contribution in [0.5, 0.6) is 5.75 Å². The molecule has 0 aliphatic heterocycles. The molecule has 0 unspecified atom stereocenters. The summed E-state index contributed by atoms with van der Waals surface area (Å²) in [4.78, 5) is 0. The lowest BCUT2D eigenvalue weighted by Gasteiger charge is -2.02. The van der Waals surface area contributed by atoms with E-state index in [-0.39, 0.29) is 0 Å². The zero-order chi connectivity index (χ0) is 9.68. The molecule has 3 heteroatoms. The van der Waals surface area contributed by atoms with Crippen LogP contribution in [-0.2, 0) is 0 Å². The van der Waals surface area contributed by atoms with E-state index in [1.165, 1.54) is 0 Å². The van der Waals surface area contributed by atoms with Gasteiger partial charge in [0.1, 0.15) is 5.75 Å². The van der Waals surface area contributed by atoms with Gasteiger partial charge in [0.15, 0.2) is 0 Å². The number of ether oxygens (including phenoxy) is 1. The van der Waals surface area contributed by atoms with Gasteiger partial charge in [-0.25, -0.2) is 0 Å². The van der Waals surface area contributed by atoms with E-state index in [0.29, 0.717) is 10.9 Å².